The van der Waals surface area contributed by atoms with Gasteiger partial charge in [0.25, 0.3) is 0 Å². The molecule has 1 aromatic carbocycles. The van der Waals surface area contributed by atoms with Crippen LogP contribution >= 0.6 is 12.4 Å². The van der Waals surface area contributed by atoms with Gasteiger partial charge in [-0.15, -0.1) is 12.4 Å². The van der Waals surface area contributed by atoms with E-state index >= 15 is 0 Å². The van der Waals surface area contributed by atoms with Gasteiger partial charge in [0.15, 0.2) is 0 Å². The zero-order valence-electron chi connectivity index (χ0n) is 8.47. The van der Waals surface area contributed by atoms with Gasteiger partial charge in [-0.1, -0.05) is 36.4 Å². The number of halogens is 1. The third-order valence-corrected chi connectivity index (χ3v) is 2.15. The number of nitrogens with one attached hydrogen (secondary N) is 1. The molecule has 2 nitrogen and oxygen atoms in total. The fourth-order valence-electron chi connectivity index (χ4n) is 1.40. The predicted octanol–water partition coefficient (Wildman–Crippen LogP) is 2.50. The Bertz CT molecular complexity index is 333. The van der Waals surface area contributed by atoms with E-state index in [-0.39, 0.29) is 12.4 Å². The van der Waals surface area contributed by atoms with Crippen molar-refractivity contribution in [2.24, 2.45) is 0 Å². The Morgan fingerprint density at radius 3 is 2.73 bits per heavy atom. The Morgan fingerprint density at radius 1 is 1.27 bits per heavy atom. The summed E-state index contributed by atoms with van der Waals surface area (Å²) in [5.41, 5.74) is 1.35. The van der Waals surface area contributed by atoms with Crippen LogP contribution in [0.4, 0.5) is 0 Å². The average molecular weight is 223 g/mol. The van der Waals surface area contributed by atoms with E-state index in [1.807, 2.05) is 18.5 Å². The number of benzene rings is 1. The summed E-state index contributed by atoms with van der Waals surface area (Å²) in [6.07, 6.45) is 9.25. The van der Waals surface area contributed by atoms with Gasteiger partial charge in [0.1, 0.15) is 0 Å². The maximum Gasteiger partial charge on any atom is 0.0910 e. The molecule has 0 unspecified atom stereocenters. The fraction of sp³-hybridized carbons (Fsp3) is 0.167. The number of nitrogens with zero attached hydrogens (tertiary/aromatic N) is 1. The van der Waals surface area contributed by atoms with Crippen LogP contribution in [0.25, 0.3) is 0 Å². The first kappa shape index (κ1) is 11.7. The summed E-state index contributed by atoms with van der Waals surface area (Å²) in [5.74, 6) is 0. The van der Waals surface area contributed by atoms with Gasteiger partial charge in [0, 0.05) is 18.6 Å². The van der Waals surface area contributed by atoms with Gasteiger partial charge in [0.05, 0.1) is 6.67 Å². The number of rotatable bonds is 3. The first-order valence-electron chi connectivity index (χ1n) is 4.81. The first-order chi connectivity index (χ1) is 6.95. The van der Waals surface area contributed by atoms with Crippen molar-refractivity contribution in [3.63, 3.8) is 0 Å². The number of allylic oxidation sites excluding steroid dienone is 1. The Balaban J connectivity index is 0.00000112. The largest absolute Gasteiger partial charge is 0.372 e. The molecule has 0 atom stereocenters. The highest BCUT2D eigenvalue weighted by atomic mass is 35.5. The van der Waals surface area contributed by atoms with E-state index in [1.165, 1.54) is 5.56 Å². The molecule has 80 valence electrons. The lowest BCUT2D eigenvalue weighted by molar-refractivity contribution is 0.522. The molecule has 2 rings (SSSR count). The van der Waals surface area contributed by atoms with Gasteiger partial charge >= 0.3 is 0 Å². The van der Waals surface area contributed by atoms with Crippen LogP contribution in [0.15, 0.2) is 55.0 Å². The molecule has 1 aromatic rings. The average Bonchev–Trinajstić information content (AvgIpc) is 2.72. The van der Waals surface area contributed by atoms with Crippen molar-refractivity contribution >= 4 is 12.4 Å². The third kappa shape index (κ3) is 3.68. The summed E-state index contributed by atoms with van der Waals surface area (Å²) in [4.78, 5) is 2.11. The SMILES string of the molecule is C(=CN1C=CNC1)Cc1ccccc1.Cl. The van der Waals surface area contributed by atoms with Crippen LogP contribution in [0.2, 0.25) is 0 Å². The van der Waals surface area contributed by atoms with Crippen LogP contribution < -0.4 is 5.32 Å². The Hall–Kier alpha value is -1.41. The van der Waals surface area contributed by atoms with E-state index in [2.05, 4.69) is 46.8 Å². The topological polar surface area (TPSA) is 15.3 Å². The molecule has 0 fully saturated rings. The Kier molecular flexibility index (Phi) is 4.78. The normalized spacial score (nSPS) is 14.0. The molecular weight excluding hydrogens is 208 g/mol. The lowest BCUT2D eigenvalue weighted by atomic mass is 10.1. The fourth-order valence-corrected chi connectivity index (χ4v) is 1.40. The minimum atomic E-state index is 0. The molecule has 0 bridgehead atoms. The number of hydrogen-bond donors (Lipinski definition) is 1. The predicted molar refractivity (Wildman–Crippen MR) is 65.5 cm³/mol. The van der Waals surface area contributed by atoms with E-state index in [0.717, 1.165) is 13.1 Å². The van der Waals surface area contributed by atoms with E-state index < -0.39 is 0 Å². The minimum Gasteiger partial charge on any atom is -0.372 e. The van der Waals surface area contributed by atoms with Gasteiger partial charge in [-0.05, 0) is 12.0 Å². The third-order valence-electron chi connectivity index (χ3n) is 2.15. The second kappa shape index (κ2) is 6.14. The zero-order chi connectivity index (χ0) is 9.64. The van der Waals surface area contributed by atoms with E-state index in [1.54, 1.807) is 0 Å². The van der Waals surface area contributed by atoms with Crippen LogP contribution in [0.3, 0.4) is 0 Å². The van der Waals surface area contributed by atoms with Crippen molar-refractivity contribution in [3.8, 4) is 0 Å². The molecule has 3 heteroatoms. The van der Waals surface area contributed by atoms with Crippen LogP contribution in [-0.4, -0.2) is 11.6 Å². The van der Waals surface area contributed by atoms with E-state index in [0.29, 0.717) is 0 Å². The van der Waals surface area contributed by atoms with Gasteiger partial charge in [-0.2, -0.15) is 0 Å². The van der Waals surface area contributed by atoms with Crippen molar-refractivity contribution in [1.29, 1.82) is 0 Å². The highest BCUT2D eigenvalue weighted by Gasteiger charge is 1.96. The lowest BCUT2D eigenvalue weighted by Crippen LogP contribution is -2.14. The Labute approximate surface area is 96.7 Å². The van der Waals surface area contributed by atoms with E-state index in [9.17, 15) is 0 Å². The van der Waals surface area contributed by atoms with Crippen LogP contribution in [-0.2, 0) is 6.42 Å². The molecule has 15 heavy (non-hydrogen) atoms. The summed E-state index contributed by atoms with van der Waals surface area (Å²) in [5, 5.41) is 3.12. The van der Waals surface area contributed by atoms with Crippen molar-refractivity contribution in [2.45, 2.75) is 6.42 Å². The minimum absolute atomic E-state index is 0. The molecule has 0 saturated heterocycles. The molecule has 1 aliphatic heterocycles. The zero-order valence-corrected chi connectivity index (χ0v) is 9.28. The molecule has 0 spiro atoms. The van der Waals surface area contributed by atoms with Crippen molar-refractivity contribution in [1.82, 2.24) is 10.2 Å². The van der Waals surface area contributed by atoms with Gasteiger partial charge in [-0.25, -0.2) is 0 Å². The molecule has 0 amide bonds. The molecule has 0 radical (unpaired) electrons. The summed E-state index contributed by atoms with van der Waals surface area (Å²) in [6.45, 7) is 0.880. The smallest absolute Gasteiger partial charge is 0.0910 e. The highest BCUT2D eigenvalue weighted by Crippen LogP contribution is 2.02. The molecule has 0 aromatic heterocycles. The van der Waals surface area contributed by atoms with Gasteiger partial charge in [0.2, 0.25) is 0 Å². The van der Waals surface area contributed by atoms with Crippen LogP contribution in [0, 0.1) is 0 Å². The summed E-state index contributed by atoms with van der Waals surface area (Å²) in [7, 11) is 0. The highest BCUT2D eigenvalue weighted by molar-refractivity contribution is 5.85. The first-order valence-corrected chi connectivity index (χ1v) is 4.81. The standard InChI is InChI=1S/C12H14N2.ClH/c1-2-5-12(6-3-1)7-4-9-14-10-8-13-11-14;/h1-6,8-10,13H,7,11H2;1H. The monoisotopic (exact) mass is 222 g/mol. The van der Waals surface area contributed by atoms with Crippen molar-refractivity contribution in [2.75, 3.05) is 6.67 Å². The van der Waals surface area contributed by atoms with Gasteiger partial charge < -0.3 is 10.2 Å². The second-order valence-corrected chi connectivity index (χ2v) is 3.27. The molecule has 1 aliphatic rings. The summed E-state index contributed by atoms with van der Waals surface area (Å²) in [6, 6.07) is 10.5. The molecule has 0 saturated carbocycles. The molecular formula is C12H15ClN2. The Morgan fingerprint density at radius 2 is 2.07 bits per heavy atom. The summed E-state index contributed by atoms with van der Waals surface area (Å²) < 4.78 is 0. The lowest BCUT2D eigenvalue weighted by Gasteiger charge is -2.07. The maximum atomic E-state index is 3.12. The summed E-state index contributed by atoms with van der Waals surface area (Å²) >= 11 is 0. The van der Waals surface area contributed by atoms with E-state index in [4.69, 9.17) is 0 Å². The maximum absolute atomic E-state index is 3.12. The molecule has 0 aliphatic carbocycles. The number of hydrogen-bond acceptors (Lipinski definition) is 2. The van der Waals surface area contributed by atoms with Crippen molar-refractivity contribution < 1.29 is 0 Å². The van der Waals surface area contributed by atoms with Crippen molar-refractivity contribution in [3.05, 3.63) is 60.6 Å². The van der Waals surface area contributed by atoms with Gasteiger partial charge in [-0.3, -0.25) is 0 Å². The second-order valence-electron chi connectivity index (χ2n) is 3.27. The molecule has 1 N–H and O–H groups in total. The quantitative estimate of drug-likeness (QED) is 0.846. The molecule has 1 heterocycles. The van der Waals surface area contributed by atoms with Crippen LogP contribution in [0.1, 0.15) is 5.56 Å². The van der Waals surface area contributed by atoms with Crippen LogP contribution in [0.5, 0.6) is 0 Å².